The van der Waals surface area contributed by atoms with Crippen LogP contribution in [0.3, 0.4) is 0 Å². The maximum atomic E-state index is 12.8. The van der Waals surface area contributed by atoms with Gasteiger partial charge in [-0.1, -0.05) is 23.7 Å². The number of hydrogen-bond donors (Lipinski definition) is 3. The number of piperazine rings is 1. The fourth-order valence-electron chi connectivity index (χ4n) is 2.72. The summed E-state index contributed by atoms with van der Waals surface area (Å²) < 4.78 is 26.9. The molecule has 1 saturated heterocycles. The van der Waals surface area contributed by atoms with Gasteiger partial charge in [-0.15, -0.1) is 0 Å². The molecule has 0 unspecified atom stereocenters. The standard InChI is InChI=1S/C14H17ClN6O3S/c15-11-3-1-2-4-12(11)20-5-7-21(8-6-20)25(23,24)14-10(9-17-19-14)13(22)18-16/h1-4,9H,5-8,16H2,(H,17,19)(H,18,22). The number of nitrogens with one attached hydrogen (secondary N) is 2. The van der Waals surface area contributed by atoms with Crippen LogP contribution in [-0.4, -0.2) is 55.0 Å². The van der Waals surface area contributed by atoms with E-state index in [-0.39, 0.29) is 23.7 Å². The summed E-state index contributed by atoms with van der Waals surface area (Å²) in [5.74, 6) is 4.36. The fraction of sp³-hybridized carbons (Fsp3) is 0.286. The summed E-state index contributed by atoms with van der Waals surface area (Å²) in [6.45, 7) is 1.48. The summed E-state index contributed by atoms with van der Waals surface area (Å²) in [5.41, 5.74) is 2.66. The lowest BCUT2D eigenvalue weighted by atomic mass is 10.2. The lowest BCUT2D eigenvalue weighted by Gasteiger charge is -2.35. The average molecular weight is 385 g/mol. The molecule has 0 atom stereocenters. The topological polar surface area (TPSA) is 124 Å². The molecule has 1 amide bonds. The van der Waals surface area contributed by atoms with Crippen molar-refractivity contribution in [2.75, 3.05) is 31.1 Å². The number of hydrazine groups is 1. The second kappa shape index (κ2) is 7.00. The van der Waals surface area contributed by atoms with Gasteiger partial charge in [0.25, 0.3) is 15.9 Å². The van der Waals surface area contributed by atoms with Crippen LogP contribution in [0.4, 0.5) is 5.69 Å². The second-order valence-electron chi connectivity index (χ2n) is 5.43. The molecule has 4 N–H and O–H groups in total. The Morgan fingerprint density at radius 3 is 2.56 bits per heavy atom. The number of benzene rings is 1. The van der Waals surface area contributed by atoms with Crippen molar-refractivity contribution in [3.05, 3.63) is 41.0 Å². The minimum absolute atomic E-state index is 0.115. The molecule has 1 aliphatic heterocycles. The Bertz CT molecular complexity index is 876. The van der Waals surface area contributed by atoms with E-state index >= 15 is 0 Å². The molecule has 0 radical (unpaired) electrons. The Balaban J connectivity index is 1.78. The number of sulfonamides is 1. The van der Waals surface area contributed by atoms with Crippen LogP contribution in [0, 0.1) is 0 Å². The quantitative estimate of drug-likeness (QED) is 0.392. The molecule has 2 aromatic rings. The van der Waals surface area contributed by atoms with Crippen LogP contribution in [0.25, 0.3) is 0 Å². The smallest absolute Gasteiger partial charge is 0.269 e. The van der Waals surface area contributed by atoms with Gasteiger partial charge in [0.2, 0.25) is 0 Å². The number of carbonyl (C=O) groups is 1. The predicted molar refractivity (Wildman–Crippen MR) is 92.7 cm³/mol. The largest absolute Gasteiger partial charge is 0.368 e. The molecule has 1 aliphatic rings. The molecule has 1 fully saturated rings. The van der Waals surface area contributed by atoms with Gasteiger partial charge in [0.05, 0.1) is 22.5 Å². The second-order valence-corrected chi connectivity index (χ2v) is 7.71. The molecule has 2 heterocycles. The van der Waals surface area contributed by atoms with Crippen molar-refractivity contribution in [3.63, 3.8) is 0 Å². The number of para-hydroxylation sites is 1. The number of nitrogen functional groups attached to an aromatic ring is 1. The number of amides is 1. The predicted octanol–water partition coefficient (Wildman–Crippen LogP) is 0.178. The van der Waals surface area contributed by atoms with Crippen molar-refractivity contribution in [3.8, 4) is 0 Å². The first-order valence-corrected chi connectivity index (χ1v) is 9.31. The molecular weight excluding hydrogens is 368 g/mol. The van der Waals surface area contributed by atoms with Gasteiger partial charge in [-0.05, 0) is 12.1 Å². The number of hydrogen-bond acceptors (Lipinski definition) is 6. The first kappa shape index (κ1) is 17.7. The van der Waals surface area contributed by atoms with Gasteiger partial charge in [-0.3, -0.25) is 15.3 Å². The van der Waals surface area contributed by atoms with E-state index in [2.05, 4.69) is 10.2 Å². The summed E-state index contributed by atoms with van der Waals surface area (Å²) in [7, 11) is -3.88. The molecule has 0 saturated carbocycles. The molecule has 0 spiro atoms. The molecule has 1 aromatic heterocycles. The Kier molecular flexibility index (Phi) is 4.95. The molecule has 11 heteroatoms. The van der Waals surface area contributed by atoms with Crippen LogP contribution < -0.4 is 16.2 Å². The summed E-state index contributed by atoms with van der Waals surface area (Å²) in [6.07, 6.45) is 1.13. The highest BCUT2D eigenvalue weighted by Gasteiger charge is 2.33. The van der Waals surface area contributed by atoms with Gasteiger partial charge in [0.1, 0.15) is 0 Å². The van der Waals surface area contributed by atoms with E-state index in [9.17, 15) is 13.2 Å². The zero-order chi connectivity index (χ0) is 18.0. The number of nitrogens with two attached hydrogens (primary N) is 1. The van der Waals surface area contributed by atoms with E-state index in [1.807, 2.05) is 28.5 Å². The number of anilines is 1. The molecule has 0 bridgehead atoms. The number of aromatic nitrogens is 2. The number of carbonyl (C=O) groups excluding carboxylic acids is 1. The van der Waals surface area contributed by atoms with E-state index < -0.39 is 15.9 Å². The molecule has 3 rings (SSSR count). The zero-order valence-corrected chi connectivity index (χ0v) is 14.7. The average Bonchev–Trinajstić information content (AvgIpc) is 3.12. The van der Waals surface area contributed by atoms with Crippen LogP contribution in [0.2, 0.25) is 5.02 Å². The highest BCUT2D eigenvalue weighted by molar-refractivity contribution is 7.89. The monoisotopic (exact) mass is 384 g/mol. The maximum absolute atomic E-state index is 12.8. The van der Waals surface area contributed by atoms with E-state index in [1.165, 1.54) is 4.31 Å². The molecule has 1 aromatic carbocycles. The van der Waals surface area contributed by atoms with Crippen LogP contribution >= 0.6 is 11.6 Å². The van der Waals surface area contributed by atoms with Gasteiger partial charge in [-0.2, -0.15) is 9.40 Å². The van der Waals surface area contributed by atoms with Crippen LogP contribution in [0.15, 0.2) is 35.5 Å². The number of aromatic amines is 1. The SMILES string of the molecule is NNC(=O)c1cn[nH]c1S(=O)(=O)N1CCN(c2ccccc2Cl)CC1. The van der Waals surface area contributed by atoms with Gasteiger partial charge in [0.15, 0.2) is 5.03 Å². The first-order valence-electron chi connectivity index (χ1n) is 7.49. The fourth-order valence-corrected chi connectivity index (χ4v) is 4.47. The lowest BCUT2D eigenvalue weighted by molar-refractivity contribution is 0.0950. The van der Waals surface area contributed by atoms with Crippen molar-refractivity contribution in [1.29, 1.82) is 0 Å². The van der Waals surface area contributed by atoms with Gasteiger partial charge in [-0.25, -0.2) is 14.3 Å². The van der Waals surface area contributed by atoms with Gasteiger partial charge < -0.3 is 4.90 Å². The Hall–Kier alpha value is -2.14. The number of H-pyrrole nitrogens is 1. The summed E-state index contributed by atoms with van der Waals surface area (Å²) >= 11 is 6.19. The highest BCUT2D eigenvalue weighted by atomic mass is 35.5. The Morgan fingerprint density at radius 2 is 1.92 bits per heavy atom. The third kappa shape index (κ3) is 3.33. The van der Waals surface area contributed by atoms with Crippen molar-refractivity contribution in [1.82, 2.24) is 19.9 Å². The third-order valence-electron chi connectivity index (χ3n) is 4.01. The van der Waals surface area contributed by atoms with Crippen molar-refractivity contribution in [2.24, 2.45) is 5.84 Å². The van der Waals surface area contributed by atoms with E-state index in [4.69, 9.17) is 17.4 Å². The molecule has 0 aliphatic carbocycles. The number of rotatable bonds is 4. The maximum Gasteiger partial charge on any atom is 0.269 e. The Labute approximate surface area is 149 Å². The summed E-state index contributed by atoms with van der Waals surface area (Å²) in [4.78, 5) is 13.7. The van der Waals surface area contributed by atoms with E-state index in [0.29, 0.717) is 18.1 Å². The van der Waals surface area contributed by atoms with Gasteiger partial charge in [0, 0.05) is 26.2 Å². The van der Waals surface area contributed by atoms with Crippen molar-refractivity contribution < 1.29 is 13.2 Å². The zero-order valence-electron chi connectivity index (χ0n) is 13.1. The van der Waals surface area contributed by atoms with E-state index in [1.54, 1.807) is 6.07 Å². The Morgan fingerprint density at radius 1 is 1.24 bits per heavy atom. The van der Waals surface area contributed by atoms with Gasteiger partial charge >= 0.3 is 0 Å². The first-order chi connectivity index (χ1) is 11.9. The van der Waals surface area contributed by atoms with Crippen molar-refractivity contribution in [2.45, 2.75) is 5.03 Å². The molecule has 9 nitrogen and oxygen atoms in total. The molecule has 25 heavy (non-hydrogen) atoms. The lowest BCUT2D eigenvalue weighted by Crippen LogP contribution is -2.49. The van der Waals surface area contributed by atoms with Crippen LogP contribution in [0.1, 0.15) is 10.4 Å². The molecular formula is C14H17ClN6O3S. The minimum atomic E-state index is -3.88. The third-order valence-corrected chi connectivity index (χ3v) is 6.20. The normalized spacial score (nSPS) is 16.0. The minimum Gasteiger partial charge on any atom is -0.368 e. The number of halogens is 1. The summed E-state index contributed by atoms with van der Waals surface area (Å²) in [5, 5.41) is 6.39. The highest BCUT2D eigenvalue weighted by Crippen LogP contribution is 2.27. The number of nitrogens with zero attached hydrogens (tertiary/aromatic N) is 3. The molecule has 134 valence electrons. The van der Waals surface area contributed by atoms with Crippen LogP contribution in [-0.2, 0) is 10.0 Å². The van der Waals surface area contributed by atoms with Crippen molar-refractivity contribution >= 4 is 33.2 Å². The summed E-state index contributed by atoms with van der Waals surface area (Å²) in [6, 6.07) is 7.41. The van der Waals surface area contributed by atoms with E-state index in [0.717, 1.165) is 11.9 Å². The van der Waals surface area contributed by atoms with Crippen LogP contribution in [0.5, 0.6) is 0 Å².